The number of ether oxygens (including phenoxy) is 1. The zero-order valence-corrected chi connectivity index (χ0v) is 14.9. The molecule has 2 aromatic rings. The third-order valence-electron chi connectivity index (χ3n) is 4.33. The molecule has 0 radical (unpaired) electrons. The Morgan fingerprint density at radius 1 is 1.08 bits per heavy atom. The number of hydrogen-bond donors (Lipinski definition) is 2. The lowest BCUT2D eigenvalue weighted by Crippen LogP contribution is -2.56. The Hall–Kier alpha value is -1.95. The van der Waals surface area contributed by atoms with Crippen molar-refractivity contribution in [3.63, 3.8) is 0 Å². The molecule has 0 unspecified atom stereocenters. The summed E-state index contributed by atoms with van der Waals surface area (Å²) < 4.78 is 6.01. The maximum Gasteiger partial charge on any atom is 0.224 e. The summed E-state index contributed by atoms with van der Waals surface area (Å²) in [4.78, 5) is 11.4. The summed E-state index contributed by atoms with van der Waals surface area (Å²) in [6.45, 7) is 1.54. The van der Waals surface area contributed by atoms with Crippen LogP contribution in [-0.2, 0) is 11.2 Å². The molecule has 1 amide bonds. The minimum atomic E-state index is 0.0733. The molecule has 0 atom stereocenters. The number of fused-ring (bicyclic) bond motifs is 1. The highest BCUT2D eigenvalue weighted by molar-refractivity contribution is 6.42. The lowest BCUT2D eigenvalue weighted by atomic mass is 10.0. The zero-order valence-electron chi connectivity index (χ0n) is 13.4. The summed E-state index contributed by atoms with van der Waals surface area (Å²) in [6, 6.07) is 11.3. The number of anilines is 2. The Bertz CT molecular complexity index is 822. The van der Waals surface area contributed by atoms with Gasteiger partial charge in [0, 0.05) is 12.1 Å². The summed E-state index contributed by atoms with van der Waals surface area (Å²) in [5.41, 5.74) is 6.20. The van der Waals surface area contributed by atoms with Gasteiger partial charge in [-0.15, -0.1) is 0 Å². The van der Waals surface area contributed by atoms with Crippen LogP contribution in [0.2, 0.25) is 10.0 Å². The molecule has 25 heavy (non-hydrogen) atoms. The monoisotopic (exact) mass is 377 g/mol. The smallest absolute Gasteiger partial charge is 0.224 e. The van der Waals surface area contributed by atoms with Gasteiger partial charge in [-0.2, -0.15) is 0 Å². The molecule has 5 nitrogen and oxygen atoms in total. The maximum absolute atomic E-state index is 11.4. The quantitative estimate of drug-likeness (QED) is 0.846. The number of amides is 1. The van der Waals surface area contributed by atoms with Crippen molar-refractivity contribution < 1.29 is 9.53 Å². The standard InChI is InChI=1S/C18H17Cl2N3O2/c19-15-4-2-12(8-16(15)20)22-23-9-14(10-23)25-13-3-5-17-11(7-13)1-6-18(24)21-17/h2-5,7-8,14,22H,1,6,9-10H2,(H,21,24). The van der Waals surface area contributed by atoms with Gasteiger partial charge in [-0.3, -0.25) is 4.79 Å². The molecule has 7 heteroatoms. The van der Waals surface area contributed by atoms with E-state index in [4.69, 9.17) is 27.9 Å². The number of benzene rings is 2. The van der Waals surface area contributed by atoms with E-state index in [2.05, 4.69) is 15.8 Å². The third kappa shape index (κ3) is 3.68. The molecule has 0 aliphatic carbocycles. The van der Waals surface area contributed by atoms with Crippen LogP contribution in [0.5, 0.6) is 5.75 Å². The van der Waals surface area contributed by atoms with Crippen LogP contribution in [0.15, 0.2) is 36.4 Å². The molecular weight excluding hydrogens is 361 g/mol. The highest BCUT2D eigenvalue weighted by atomic mass is 35.5. The van der Waals surface area contributed by atoms with Gasteiger partial charge in [0.05, 0.1) is 28.8 Å². The van der Waals surface area contributed by atoms with Crippen LogP contribution in [0.4, 0.5) is 11.4 Å². The molecule has 0 spiro atoms. The normalized spacial score (nSPS) is 17.4. The van der Waals surface area contributed by atoms with Crippen LogP contribution in [0, 0.1) is 0 Å². The van der Waals surface area contributed by atoms with Crippen LogP contribution in [0.3, 0.4) is 0 Å². The molecule has 2 aromatic carbocycles. The first kappa shape index (κ1) is 16.5. The molecule has 130 valence electrons. The second-order valence-electron chi connectivity index (χ2n) is 6.25. The maximum atomic E-state index is 11.4. The van der Waals surface area contributed by atoms with Crippen molar-refractivity contribution in [1.29, 1.82) is 0 Å². The van der Waals surface area contributed by atoms with E-state index in [1.54, 1.807) is 12.1 Å². The Morgan fingerprint density at radius 2 is 1.92 bits per heavy atom. The van der Waals surface area contributed by atoms with Crippen molar-refractivity contribution in [2.24, 2.45) is 0 Å². The Labute approximate surface area is 155 Å². The van der Waals surface area contributed by atoms with Crippen LogP contribution in [0.25, 0.3) is 0 Å². The van der Waals surface area contributed by atoms with Crippen molar-refractivity contribution in [2.45, 2.75) is 18.9 Å². The topological polar surface area (TPSA) is 53.6 Å². The van der Waals surface area contributed by atoms with Gasteiger partial charge in [0.25, 0.3) is 0 Å². The van der Waals surface area contributed by atoms with Gasteiger partial charge < -0.3 is 15.5 Å². The van der Waals surface area contributed by atoms with Gasteiger partial charge >= 0.3 is 0 Å². The predicted octanol–water partition coefficient (Wildman–Crippen LogP) is 3.97. The third-order valence-corrected chi connectivity index (χ3v) is 5.07. The summed E-state index contributed by atoms with van der Waals surface area (Å²) >= 11 is 11.9. The fourth-order valence-corrected chi connectivity index (χ4v) is 3.28. The second kappa shape index (κ2) is 6.75. The van der Waals surface area contributed by atoms with Crippen LogP contribution in [0.1, 0.15) is 12.0 Å². The molecule has 2 N–H and O–H groups in total. The van der Waals surface area contributed by atoms with Crippen LogP contribution >= 0.6 is 23.2 Å². The first-order valence-corrected chi connectivity index (χ1v) is 8.88. The molecule has 0 saturated carbocycles. The van der Waals surface area contributed by atoms with Crippen molar-refractivity contribution in [1.82, 2.24) is 5.01 Å². The fraction of sp³-hybridized carbons (Fsp3) is 0.278. The lowest BCUT2D eigenvalue weighted by molar-refractivity contribution is -0.116. The van der Waals surface area contributed by atoms with Crippen LogP contribution in [-0.4, -0.2) is 30.1 Å². The molecule has 0 aromatic heterocycles. The molecule has 0 bridgehead atoms. The summed E-state index contributed by atoms with van der Waals surface area (Å²) in [5.74, 6) is 0.915. The number of carbonyl (C=O) groups is 1. The average molecular weight is 378 g/mol. The summed E-state index contributed by atoms with van der Waals surface area (Å²) in [7, 11) is 0. The second-order valence-corrected chi connectivity index (χ2v) is 7.07. The van der Waals surface area contributed by atoms with Gasteiger partial charge in [0.15, 0.2) is 0 Å². The molecule has 1 saturated heterocycles. The molecular formula is C18H17Cl2N3O2. The first-order chi connectivity index (χ1) is 12.1. The van der Waals surface area contributed by atoms with Gasteiger partial charge in [-0.05, 0) is 48.4 Å². The number of aryl methyl sites for hydroxylation is 1. The van der Waals surface area contributed by atoms with Crippen molar-refractivity contribution in [3.05, 3.63) is 52.0 Å². The molecule has 2 aliphatic heterocycles. The van der Waals surface area contributed by atoms with E-state index < -0.39 is 0 Å². The average Bonchev–Trinajstić information content (AvgIpc) is 2.56. The number of hydrogen-bond acceptors (Lipinski definition) is 4. The van der Waals surface area contributed by atoms with E-state index in [-0.39, 0.29) is 12.0 Å². The number of nitrogens with zero attached hydrogens (tertiary/aromatic N) is 1. The van der Waals surface area contributed by atoms with Crippen molar-refractivity contribution in [2.75, 3.05) is 23.8 Å². The van der Waals surface area contributed by atoms with Gasteiger partial charge in [0.1, 0.15) is 11.9 Å². The highest BCUT2D eigenvalue weighted by Gasteiger charge is 2.29. The Morgan fingerprint density at radius 3 is 2.72 bits per heavy atom. The van der Waals surface area contributed by atoms with E-state index in [0.29, 0.717) is 16.5 Å². The van der Waals surface area contributed by atoms with E-state index in [0.717, 1.165) is 42.2 Å². The van der Waals surface area contributed by atoms with Crippen molar-refractivity contribution >= 4 is 40.5 Å². The minimum absolute atomic E-state index is 0.0733. The number of rotatable bonds is 4. The number of carbonyl (C=O) groups excluding carboxylic acids is 1. The fourth-order valence-electron chi connectivity index (χ4n) is 2.98. The van der Waals surface area contributed by atoms with Crippen molar-refractivity contribution in [3.8, 4) is 5.75 Å². The van der Waals surface area contributed by atoms with Gasteiger partial charge in [0.2, 0.25) is 5.91 Å². The minimum Gasteiger partial charge on any atom is -0.488 e. The lowest BCUT2D eigenvalue weighted by Gasteiger charge is -2.39. The number of halogens is 2. The van der Waals surface area contributed by atoms with Gasteiger partial charge in [-0.1, -0.05) is 23.2 Å². The van der Waals surface area contributed by atoms with Gasteiger partial charge in [-0.25, -0.2) is 5.01 Å². The van der Waals surface area contributed by atoms with Crippen LogP contribution < -0.4 is 15.5 Å². The molecule has 4 rings (SSSR count). The first-order valence-electron chi connectivity index (χ1n) is 8.13. The van der Waals surface area contributed by atoms with E-state index >= 15 is 0 Å². The molecule has 2 heterocycles. The zero-order chi connectivity index (χ0) is 17.4. The summed E-state index contributed by atoms with van der Waals surface area (Å²) in [5, 5.41) is 6.01. The SMILES string of the molecule is O=C1CCc2cc(OC3CN(Nc4ccc(Cl)c(Cl)c4)C3)ccc2N1. The highest BCUT2D eigenvalue weighted by Crippen LogP contribution is 2.29. The van der Waals surface area contributed by atoms with E-state index in [1.165, 1.54) is 0 Å². The molecule has 2 aliphatic rings. The number of nitrogens with one attached hydrogen (secondary N) is 2. The summed E-state index contributed by atoms with van der Waals surface area (Å²) in [6.07, 6.45) is 1.42. The Kier molecular flexibility index (Phi) is 4.46. The van der Waals surface area contributed by atoms with E-state index in [9.17, 15) is 4.79 Å². The Balaban J connectivity index is 1.31. The largest absolute Gasteiger partial charge is 0.488 e. The number of hydrazine groups is 1. The predicted molar refractivity (Wildman–Crippen MR) is 99.5 cm³/mol. The molecule has 1 fully saturated rings. The van der Waals surface area contributed by atoms with E-state index in [1.807, 2.05) is 24.3 Å².